The lowest BCUT2D eigenvalue weighted by Gasteiger charge is -2.50. The van der Waals surface area contributed by atoms with Gasteiger partial charge in [0.2, 0.25) is 5.43 Å². The van der Waals surface area contributed by atoms with E-state index < -0.39 is 0 Å². The second-order valence-corrected chi connectivity index (χ2v) is 39.3. The van der Waals surface area contributed by atoms with Gasteiger partial charge in [-0.1, -0.05) is 172 Å². The maximum Gasteiger partial charge on any atom is 0.453 e. The molecule has 2 aromatic carbocycles. The first-order chi connectivity index (χ1) is 52.0. The van der Waals surface area contributed by atoms with E-state index in [1.807, 2.05) is 77.8 Å². The summed E-state index contributed by atoms with van der Waals surface area (Å²) in [5.74, 6) is 9.81. The molecule has 618 valence electrons. The quantitative estimate of drug-likeness (QED) is 0.117. The summed E-state index contributed by atoms with van der Waals surface area (Å²) >= 11 is 4.18. The standard InChI is InChI=1S/C10H10N2.C10H18.C10H16.C9H9NO.C9H10O2.C8H16.C8H12.C7H15N.C6H14N2.C6H12O2.C6H12S2.C5H11BO2/c1-7-3-5-9-10(6-4-7)12-8(2)11-9;2*1-9-3-6-10(2,7-4-9)8-5-9;1-6-3-4-8-9(5-6)11-7(2)10-8;1-7-3-5-8(10)9(11-2)6-4-7;4*1-7-3-5-8(2)6-4-7;3*1-5-3-7-6(2)8-4-5/h3-6H,1-2H3;3-8H2,1-2H3;3,6H,4-5,7-8H2,1-2H3;3-5H,1-2H3;3-6H,1-2H3;7-8H,3-6H2,1-2H3;3,5H,4,6H2,1-2H3;7H,3-6H2,1-2H3;3-6H2,1-2H3;2*5-6H,3-4H2,1-2H3;5H,3-4H2,1-2H3. The highest BCUT2D eigenvalue weighted by Crippen LogP contribution is 2.56. The number of rotatable bonds is 1. The van der Waals surface area contributed by atoms with Crippen LogP contribution in [-0.4, -0.2) is 153 Å². The van der Waals surface area contributed by atoms with Crippen molar-refractivity contribution in [2.24, 2.45) is 57.2 Å². The number of oxazole rings is 1. The molecule has 6 aliphatic heterocycles. The summed E-state index contributed by atoms with van der Waals surface area (Å²) in [6.07, 6.45) is 35.2. The fourth-order valence-corrected chi connectivity index (χ4v) is 16.7. The number of nitrogens with zero attached hydrogens (tertiary/aromatic N) is 6. The van der Waals surface area contributed by atoms with E-state index in [-0.39, 0.29) is 18.8 Å². The Morgan fingerprint density at radius 2 is 0.873 bits per heavy atom. The fraction of sp³-hybridized carbons (Fsp3) is 0.702. The molecule has 9 aliphatic carbocycles. The second kappa shape index (κ2) is 49.5. The molecule has 16 heteroatoms. The number of piperidine rings is 1. The molecule has 110 heavy (non-hydrogen) atoms. The van der Waals surface area contributed by atoms with Crippen LogP contribution in [0.3, 0.4) is 0 Å². The van der Waals surface area contributed by atoms with Gasteiger partial charge < -0.3 is 42.6 Å². The van der Waals surface area contributed by atoms with Gasteiger partial charge in [-0.05, 0) is 291 Å². The van der Waals surface area contributed by atoms with Crippen molar-refractivity contribution in [3.05, 3.63) is 141 Å². The second-order valence-electron chi connectivity index (χ2n) is 36.3. The number of hydrogen-bond donors (Lipinski definition) is 0. The number of hydrogen-bond acceptors (Lipinski definition) is 15. The molecule has 18 rings (SSSR count). The normalized spacial score (nSPS) is 28.4. The number of methoxy groups -OCH3 is 1. The van der Waals surface area contributed by atoms with E-state index in [0.29, 0.717) is 28.4 Å². The molecule has 0 atom stereocenters. The van der Waals surface area contributed by atoms with Crippen LogP contribution in [0.2, 0.25) is 6.82 Å². The number of likely N-dealkylation sites (tertiary alicyclic amines) is 1. The molecule has 7 heterocycles. The number of aryl methyl sites for hydroxylation is 5. The van der Waals surface area contributed by atoms with E-state index in [1.54, 1.807) is 12.1 Å². The Morgan fingerprint density at radius 3 is 1.26 bits per heavy atom. The van der Waals surface area contributed by atoms with Crippen LogP contribution in [0.25, 0.3) is 22.5 Å². The summed E-state index contributed by atoms with van der Waals surface area (Å²) < 4.78 is 31.7. The van der Waals surface area contributed by atoms with Crippen molar-refractivity contribution in [1.82, 2.24) is 29.7 Å². The zero-order valence-corrected chi connectivity index (χ0v) is 75.6. The number of benzene rings is 1. The van der Waals surface area contributed by atoms with Crippen LogP contribution in [0.5, 0.6) is 5.75 Å². The zero-order valence-electron chi connectivity index (χ0n) is 73.9. The van der Waals surface area contributed by atoms with Gasteiger partial charge in [-0.3, -0.25) is 4.79 Å². The summed E-state index contributed by atoms with van der Waals surface area (Å²) in [7, 11) is 8.06. The first kappa shape index (κ1) is 96.2. The molecule has 1 aromatic heterocycles. The van der Waals surface area contributed by atoms with E-state index in [0.717, 1.165) is 105 Å². The van der Waals surface area contributed by atoms with Gasteiger partial charge in [-0.15, -0.1) is 23.5 Å². The third-order valence-electron chi connectivity index (χ3n) is 23.7. The van der Waals surface area contributed by atoms with Gasteiger partial charge in [0.25, 0.3) is 0 Å². The smallest absolute Gasteiger partial charge is 0.453 e. The molecule has 3 aromatic rings. The van der Waals surface area contributed by atoms with Gasteiger partial charge in [0.05, 0.1) is 31.7 Å². The highest BCUT2D eigenvalue weighted by molar-refractivity contribution is 8.17. The number of allylic oxidation sites excluding steroid dienone is 6. The van der Waals surface area contributed by atoms with Crippen molar-refractivity contribution in [1.29, 1.82) is 0 Å². The number of fused-ring (bicyclic) bond motifs is 7. The largest absolute Gasteiger partial charge is 0.493 e. The molecular weight excluding hydrogens is 1400 g/mol. The summed E-state index contributed by atoms with van der Waals surface area (Å²) in [5, 5.41) is 0. The maximum atomic E-state index is 11.1. The van der Waals surface area contributed by atoms with Crippen LogP contribution >= 0.6 is 23.5 Å². The molecule has 0 spiro atoms. The van der Waals surface area contributed by atoms with Gasteiger partial charge in [0.15, 0.2) is 23.5 Å². The predicted molar refractivity (Wildman–Crippen MR) is 475 cm³/mol. The van der Waals surface area contributed by atoms with Gasteiger partial charge in [-0.2, -0.15) is 0 Å². The molecule has 4 bridgehead atoms. The number of likely N-dealkylation sites (N-methyl/N-ethyl adjacent to an activating group) is 2. The summed E-state index contributed by atoms with van der Waals surface area (Å²) in [6, 6.07) is 20.9. The van der Waals surface area contributed by atoms with Crippen molar-refractivity contribution in [3.63, 3.8) is 0 Å². The van der Waals surface area contributed by atoms with Crippen molar-refractivity contribution in [3.8, 4) is 17.1 Å². The van der Waals surface area contributed by atoms with E-state index in [4.69, 9.17) is 27.9 Å². The number of aromatic nitrogens is 3. The van der Waals surface area contributed by atoms with Crippen molar-refractivity contribution < 1.29 is 27.9 Å². The molecular formula is C94H155BN6O7S2. The first-order valence-corrected chi connectivity index (χ1v) is 44.6. The van der Waals surface area contributed by atoms with Gasteiger partial charge in [0, 0.05) is 56.8 Å². The lowest BCUT2D eigenvalue weighted by molar-refractivity contribution is -0.187. The molecule has 0 unspecified atom stereocenters. The maximum absolute atomic E-state index is 11.1. The van der Waals surface area contributed by atoms with Crippen molar-refractivity contribution in [2.75, 3.05) is 105 Å². The Morgan fingerprint density at radius 1 is 0.473 bits per heavy atom. The molecule has 0 amide bonds. The number of ether oxygens (including phenoxy) is 3. The van der Waals surface area contributed by atoms with Gasteiger partial charge >= 0.3 is 7.12 Å². The highest BCUT2D eigenvalue weighted by Gasteiger charge is 2.43. The Hall–Kier alpha value is -4.36. The van der Waals surface area contributed by atoms with Crippen LogP contribution in [0.1, 0.15) is 241 Å². The third-order valence-corrected chi connectivity index (χ3v) is 26.9. The average molecular weight is 1560 g/mol. The van der Waals surface area contributed by atoms with Crippen LogP contribution in [0.4, 0.5) is 0 Å². The van der Waals surface area contributed by atoms with Crippen LogP contribution in [-0.2, 0) is 18.8 Å². The third kappa shape index (κ3) is 39.3. The summed E-state index contributed by atoms with van der Waals surface area (Å²) in [5.41, 5.74) is 12.9. The number of piperazine rings is 1. The first-order valence-electron chi connectivity index (χ1n) is 42.5. The Kier molecular flexibility index (Phi) is 43.3. The lowest BCUT2D eigenvalue weighted by Crippen LogP contribution is -2.42. The Labute approximate surface area is 680 Å². The average Bonchev–Trinajstić information content (AvgIpc) is 0.795. The van der Waals surface area contributed by atoms with Crippen LogP contribution in [0, 0.1) is 91.8 Å². The minimum atomic E-state index is -0.0828. The molecule has 13 nitrogen and oxygen atoms in total. The number of thioether (sulfide) groups is 2. The Bertz CT molecular complexity index is 3140. The van der Waals surface area contributed by atoms with Gasteiger partial charge in [0.1, 0.15) is 11.3 Å². The van der Waals surface area contributed by atoms with Crippen molar-refractivity contribution >= 4 is 41.7 Å². The summed E-state index contributed by atoms with van der Waals surface area (Å²) in [6.45, 7) is 54.6. The topological polar surface area (TPSA) is 125 Å². The molecule has 5 saturated heterocycles. The minimum absolute atomic E-state index is 0.0196. The van der Waals surface area contributed by atoms with E-state index in [2.05, 4.69) is 208 Å². The molecule has 0 N–H and O–H groups in total. The van der Waals surface area contributed by atoms with Crippen LogP contribution in [0.15, 0.2) is 111 Å². The van der Waals surface area contributed by atoms with Crippen molar-refractivity contribution in [2.45, 2.75) is 265 Å². The predicted octanol–water partition coefficient (Wildman–Crippen LogP) is 23.5. The number of imidazole rings is 1. The van der Waals surface area contributed by atoms with E-state index in [1.165, 1.54) is 202 Å². The van der Waals surface area contributed by atoms with E-state index in [9.17, 15) is 4.79 Å². The fourth-order valence-electron chi connectivity index (χ4n) is 14.3. The molecule has 5 saturated carbocycles. The molecule has 10 fully saturated rings. The highest BCUT2D eigenvalue weighted by atomic mass is 32.2. The molecule has 0 radical (unpaired) electrons. The summed E-state index contributed by atoms with van der Waals surface area (Å²) in [4.78, 5) is 31.0. The lowest BCUT2D eigenvalue weighted by atomic mass is 9.55. The monoisotopic (exact) mass is 1560 g/mol. The van der Waals surface area contributed by atoms with Gasteiger partial charge in [-0.25, -0.2) is 15.0 Å². The zero-order chi connectivity index (χ0) is 81.0. The van der Waals surface area contributed by atoms with Crippen LogP contribution < -0.4 is 10.2 Å². The SMILES string of the molecule is CB1OCC(C)CO1.CC12C=CC(C)(CC1)CC2.CC12CCC(C)(CC1)CC2.CC1=CC=C(C)CC1.CC1CCC(C)CC1.CC1CCN(C)CC1.CC1COC(C)OC1.CC1CSC(C)SC1.CN1CCN(C)CC1.COc1ccc(C)ccc1=O.Cc1ccc2nc(C)nc-2cc1.Cc1ccc2nc(C)oc2c1. The molecule has 15 aliphatic rings. The Balaban J connectivity index is 0.000000215. The minimum Gasteiger partial charge on any atom is -0.493 e. The van der Waals surface area contributed by atoms with E-state index >= 15 is 0 Å².